The maximum atomic E-state index is 13.7. The van der Waals surface area contributed by atoms with Crippen LogP contribution in [0.15, 0.2) is 52.9 Å². The van der Waals surface area contributed by atoms with Crippen LogP contribution in [0.25, 0.3) is 11.0 Å². The Hall–Kier alpha value is -2.82. The molecular weight excluding hydrogens is 297 g/mol. The summed E-state index contributed by atoms with van der Waals surface area (Å²) in [5.41, 5.74) is 0.733. The SMILES string of the molecule is Cc1c(C(=O)NCCOc2ccccc2)oc2c(F)cccc12. The fraction of sp³-hybridized carbons (Fsp3) is 0.167. The zero-order valence-corrected chi connectivity index (χ0v) is 12.6. The number of hydrogen-bond donors (Lipinski definition) is 1. The van der Waals surface area contributed by atoms with Crippen LogP contribution in [0.4, 0.5) is 4.39 Å². The lowest BCUT2D eigenvalue weighted by Gasteiger charge is -2.06. The molecule has 0 saturated carbocycles. The number of carbonyl (C=O) groups excluding carboxylic acids is 1. The van der Waals surface area contributed by atoms with Crippen LogP contribution in [0.2, 0.25) is 0 Å². The predicted octanol–water partition coefficient (Wildman–Crippen LogP) is 3.69. The Balaban J connectivity index is 1.62. The highest BCUT2D eigenvalue weighted by molar-refractivity contribution is 5.98. The van der Waals surface area contributed by atoms with Gasteiger partial charge in [-0.25, -0.2) is 4.39 Å². The maximum absolute atomic E-state index is 13.7. The molecule has 0 radical (unpaired) electrons. The van der Waals surface area contributed by atoms with Gasteiger partial charge in [0.15, 0.2) is 17.2 Å². The smallest absolute Gasteiger partial charge is 0.287 e. The van der Waals surface area contributed by atoms with Gasteiger partial charge in [-0.1, -0.05) is 30.3 Å². The number of para-hydroxylation sites is 2. The van der Waals surface area contributed by atoms with Crippen LogP contribution < -0.4 is 10.1 Å². The number of hydrogen-bond acceptors (Lipinski definition) is 3. The Kier molecular flexibility index (Phi) is 4.28. The van der Waals surface area contributed by atoms with E-state index < -0.39 is 5.82 Å². The van der Waals surface area contributed by atoms with Crippen LogP contribution in [0.1, 0.15) is 16.1 Å². The Morgan fingerprint density at radius 2 is 1.96 bits per heavy atom. The van der Waals surface area contributed by atoms with E-state index in [0.29, 0.717) is 24.1 Å². The molecule has 118 valence electrons. The number of rotatable bonds is 5. The van der Waals surface area contributed by atoms with E-state index in [4.69, 9.17) is 9.15 Å². The number of halogens is 1. The summed E-state index contributed by atoms with van der Waals surface area (Å²) in [5.74, 6) is 0.0142. The first-order valence-electron chi connectivity index (χ1n) is 7.30. The minimum atomic E-state index is -0.475. The molecule has 0 saturated heterocycles. The minimum Gasteiger partial charge on any atom is -0.492 e. The van der Waals surface area contributed by atoms with E-state index in [9.17, 15) is 9.18 Å². The molecule has 1 amide bonds. The maximum Gasteiger partial charge on any atom is 0.287 e. The van der Waals surface area contributed by atoms with Gasteiger partial charge in [0.05, 0.1) is 6.54 Å². The van der Waals surface area contributed by atoms with E-state index >= 15 is 0 Å². The third-order valence-electron chi connectivity index (χ3n) is 3.52. The summed E-state index contributed by atoms with van der Waals surface area (Å²) in [6.07, 6.45) is 0. The number of aryl methyl sites for hydroxylation is 1. The quantitative estimate of drug-likeness (QED) is 0.731. The van der Waals surface area contributed by atoms with Crippen molar-refractivity contribution in [3.8, 4) is 5.75 Å². The third-order valence-corrected chi connectivity index (χ3v) is 3.52. The van der Waals surface area contributed by atoms with Crippen LogP contribution in [-0.2, 0) is 0 Å². The van der Waals surface area contributed by atoms with Crippen molar-refractivity contribution in [2.24, 2.45) is 0 Å². The molecule has 0 spiro atoms. The number of benzene rings is 2. The van der Waals surface area contributed by atoms with E-state index in [2.05, 4.69) is 5.32 Å². The lowest BCUT2D eigenvalue weighted by atomic mass is 10.1. The van der Waals surface area contributed by atoms with Crippen molar-refractivity contribution in [2.75, 3.05) is 13.2 Å². The summed E-state index contributed by atoms with van der Waals surface area (Å²) in [7, 11) is 0. The molecule has 2 aromatic carbocycles. The van der Waals surface area contributed by atoms with E-state index in [1.54, 1.807) is 19.1 Å². The topological polar surface area (TPSA) is 51.5 Å². The first-order valence-corrected chi connectivity index (χ1v) is 7.30. The monoisotopic (exact) mass is 313 g/mol. The summed E-state index contributed by atoms with van der Waals surface area (Å²) in [6, 6.07) is 14.0. The standard InChI is InChI=1S/C18H16FNO3/c1-12-14-8-5-9-15(19)17(14)23-16(12)18(21)20-10-11-22-13-6-3-2-4-7-13/h2-9H,10-11H2,1H3,(H,20,21). The van der Waals surface area contributed by atoms with Gasteiger partial charge < -0.3 is 14.5 Å². The van der Waals surface area contributed by atoms with Gasteiger partial charge in [0, 0.05) is 10.9 Å². The zero-order valence-electron chi connectivity index (χ0n) is 12.6. The van der Waals surface area contributed by atoms with E-state index in [1.165, 1.54) is 6.07 Å². The Labute approximate surface area is 132 Å². The van der Waals surface area contributed by atoms with Gasteiger partial charge in [-0.3, -0.25) is 4.79 Å². The normalized spacial score (nSPS) is 10.7. The van der Waals surface area contributed by atoms with Crippen molar-refractivity contribution in [1.82, 2.24) is 5.32 Å². The van der Waals surface area contributed by atoms with Crippen molar-refractivity contribution in [1.29, 1.82) is 0 Å². The number of furan rings is 1. The molecular formula is C18H16FNO3. The average molecular weight is 313 g/mol. The number of carbonyl (C=O) groups is 1. The predicted molar refractivity (Wildman–Crippen MR) is 85.2 cm³/mol. The second kappa shape index (κ2) is 6.52. The molecule has 1 heterocycles. The highest BCUT2D eigenvalue weighted by atomic mass is 19.1. The van der Waals surface area contributed by atoms with Gasteiger partial charge in [0.25, 0.3) is 5.91 Å². The van der Waals surface area contributed by atoms with Crippen LogP contribution in [0.5, 0.6) is 5.75 Å². The van der Waals surface area contributed by atoms with Crippen LogP contribution in [0.3, 0.4) is 0 Å². The number of amides is 1. The number of ether oxygens (including phenoxy) is 1. The van der Waals surface area contributed by atoms with Gasteiger partial charge in [-0.15, -0.1) is 0 Å². The van der Waals surface area contributed by atoms with Crippen molar-refractivity contribution in [3.05, 3.63) is 65.7 Å². The highest BCUT2D eigenvalue weighted by Crippen LogP contribution is 2.27. The van der Waals surface area contributed by atoms with Crippen molar-refractivity contribution < 1.29 is 18.3 Å². The van der Waals surface area contributed by atoms with Gasteiger partial charge in [-0.05, 0) is 25.1 Å². The molecule has 0 aliphatic heterocycles. The molecule has 0 aliphatic rings. The molecule has 0 atom stereocenters. The van der Waals surface area contributed by atoms with Crippen molar-refractivity contribution in [2.45, 2.75) is 6.92 Å². The first-order chi connectivity index (χ1) is 11.2. The number of nitrogens with one attached hydrogen (secondary N) is 1. The Morgan fingerprint density at radius 3 is 2.70 bits per heavy atom. The van der Waals surface area contributed by atoms with E-state index in [-0.39, 0.29) is 17.3 Å². The van der Waals surface area contributed by atoms with Gasteiger partial charge in [-0.2, -0.15) is 0 Å². The zero-order chi connectivity index (χ0) is 16.2. The Morgan fingerprint density at radius 1 is 1.17 bits per heavy atom. The summed E-state index contributed by atoms with van der Waals surface area (Å²) < 4.78 is 24.6. The summed E-state index contributed by atoms with van der Waals surface area (Å²) >= 11 is 0. The van der Waals surface area contributed by atoms with Gasteiger partial charge in [0.1, 0.15) is 12.4 Å². The average Bonchev–Trinajstić information content (AvgIpc) is 2.91. The molecule has 0 unspecified atom stereocenters. The molecule has 1 aromatic heterocycles. The molecule has 1 N–H and O–H groups in total. The summed E-state index contributed by atoms with van der Waals surface area (Å²) in [6.45, 7) is 2.40. The second-order valence-corrected chi connectivity index (χ2v) is 5.09. The highest BCUT2D eigenvalue weighted by Gasteiger charge is 2.19. The van der Waals surface area contributed by atoms with E-state index in [1.807, 2.05) is 30.3 Å². The molecule has 0 bridgehead atoms. The van der Waals surface area contributed by atoms with E-state index in [0.717, 1.165) is 5.75 Å². The van der Waals surface area contributed by atoms with Gasteiger partial charge in [0.2, 0.25) is 0 Å². The largest absolute Gasteiger partial charge is 0.492 e. The van der Waals surface area contributed by atoms with Crippen molar-refractivity contribution in [3.63, 3.8) is 0 Å². The molecule has 3 rings (SSSR count). The summed E-state index contributed by atoms with van der Waals surface area (Å²) in [5, 5.41) is 3.32. The molecule has 23 heavy (non-hydrogen) atoms. The minimum absolute atomic E-state index is 0.107. The third kappa shape index (κ3) is 3.18. The first kappa shape index (κ1) is 15.1. The molecule has 4 nitrogen and oxygen atoms in total. The van der Waals surface area contributed by atoms with Crippen LogP contribution in [0, 0.1) is 12.7 Å². The fourth-order valence-corrected chi connectivity index (χ4v) is 2.36. The molecule has 3 aromatic rings. The van der Waals surface area contributed by atoms with Crippen LogP contribution >= 0.6 is 0 Å². The van der Waals surface area contributed by atoms with Crippen LogP contribution in [-0.4, -0.2) is 19.1 Å². The molecule has 0 fully saturated rings. The lowest BCUT2D eigenvalue weighted by Crippen LogP contribution is -2.28. The Bertz CT molecular complexity index is 827. The number of fused-ring (bicyclic) bond motifs is 1. The van der Waals surface area contributed by atoms with Crippen molar-refractivity contribution >= 4 is 16.9 Å². The molecule has 0 aliphatic carbocycles. The summed E-state index contributed by atoms with van der Waals surface area (Å²) in [4.78, 5) is 12.2. The van der Waals surface area contributed by atoms with Gasteiger partial charge >= 0.3 is 0 Å². The fourth-order valence-electron chi connectivity index (χ4n) is 2.36. The second-order valence-electron chi connectivity index (χ2n) is 5.09. The lowest BCUT2D eigenvalue weighted by molar-refractivity contribution is 0.0920. The molecule has 5 heteroatoms.